The largest absolute Gasteiger partial charge is 0.497 e. The molecule has 1 aromatic carbocycles. The number of ether oxygens (including phenoxy) is 3. The van der Waals surface area contributed by atoms with Gasteiger partial charge in [-0.15, -0.1) is 0 Å². The van der Waals surface area contributed by atoms with E-state index >= 15 is 0 Å². The van der Waals surface area contributed by atoms with Crippen LogP contribution in [-0.4, -0.2) is 25.8 Å². The van der Waals surface area contributed by atoms with Crippen LogP contribution in [0.15, 0.2) is 35.6 Å². The van der Waals surface area contributed by atoms with Crippen LogP contribution in [0.25, 0.3) is 0 Å². The Bertz CT molecular complexity index is 519. The molecule has 1 atom stereocenters. The van der Waals surface area contributed by atoms with Gasteiger partial charge in [-0.25, -0.2) is 4.79 Å². The number of methoxy groups -OCH3 is 1. The quantitative estimate of drug-likeness (QED) is 0.776. The van der Waals surface area contributed by atoms with Gasteiger partial charge in [0.2, 0.25) is 0 Å². The van der Waals surface area contributed by atoms with Crippen molar-refractivity contribution in [3.05, 3.63) is 41.2 Å². The Kier molecular flexibility index (Phi) is 4.66. The van der Waals surface area contributed by atoms with Gasteiger partial charge in [-0.3, -0.25) is 0 Å². The second kappa shape index (κ2) is 6.46. The zero-order chi connectivity index (χ0) is 14.5. The van der Waals surface area contributed by atoms with E-state index in [1.165, 1.54) is 0 Å². The molecule has 0 fully saturated rings. The maximum absolute atomic E-state index is 11.8. The lowest BCUT2D eigenvalue weighted by Gasteiger charge is -2.12. The lowest BCUT2D eigenvalue weighted by atomic mass is 10.0. The van der Waals surface area contributed by atoms with Gasteiger partial charge in [0.15, 0.2) is 0 Å². The second-order valence-corrected chi connectivity index (χ2v) is 4.75. The molecule has 4 heteroatoms. The molecule has 1 aliphatic rings. The highest BCUT2D eigenvalue weighted by atomic mass is 16.5. The molecule has 0 aliphatic carbocycles. The highest BCUT2D eigenvalue weighted by Gasteiger charge is 2.28. The fourth-order valence-corrected chi connectivity index (χ4v) is 2.36. The summed E-state index contributed by atoms with van der Waals surface area (Å²) in [5, 5.41) is 0. The molecule has 0 saturated heterocycles. The fraction of sp³-hybridized carbons (Fsp3) is 0.438. The van der Waals surface area contributed by atoms with Crippen LogP contribution in [0, 0.1) is 0 Å². The first-order chi connectivity index (χ1) is 9.63. The number of esters is 1. The van der Waals surface area contributed by atoms with E-state index in [1.54, 1.807) is 14.0 Å². The summed E-state index contributed by atoms with van der Waals surface area (Å²) in [6, 6.07) is 7.88. The van der Waals surface area contributed by atoms with Gasteiger partial charge in [-0.1, -0.05) is 12.1 Å². The predicted molar refractivity (Wildman–Crippen MR) is 75.5 cm³/mol. The summed E-state index contributed by atoms with van der Waals surface area (Å²) in [5.41, 5.74) is 1.78. The maximum atomic E-state index is 11.8. The highest BCUT2D eigenvalue weighted by Crippen LogP contribution is 2.28. The van der Waals surface area contributed by atoms with Gasteiger partial charge in [-0.2, -0.15) is 0 Å². The van der Waals surface area contributed by atoms with E-state index in [0.29, 0.717) is 24.4 Å². The smallest absolute Gasteiger partial charge is 0.337 e. The molecular weight excluding hydrogens is 256 g/mol. The van der Waals surface area contributed by atoms with Crippen LogP contribution in [-0.2, 0) is 20.7 Å². The fourth-order valence-electron chi connectivity index (χ4n) is 2.36. The summed E-state index contributed by atoms with van der Waals surface area (Å²) in [4.78, 5) is 11.8. The Morgan fingerprint density at radius 3 is 2.95 bits per heavy atom. The van der Waals surface area contributed by atoms with Crippen molar-refractivity contribution in [3.63, 3.8) is 0 Å². The lowest BCUT2D eigenvalue weighted by molar-refractivity contribution is -0.138. The van der Waals surface area contributed by atoms with Gasteiger partial charge in [0, 0.05) is 12.8 Å². The first-order valence-electron chi connectivity index (χ1n) is 6.80. The van der Waals surface area contributed by atoms with Gasteiger partial charge >= 0.3 is 5.97 Å². The van der Waals surface area contributed by atoms with Gasteiger partial charge in [0.25, 0.3) is 0 Å². The Morgan fingerprint density at radius 2 is 2.25 bits per heavy atom. The number of benzene rings is 1. The minimum absolute atomic E-state index is 0.0125. The standard InChI is InChI=1S/C16H20O4/c1-4-19-16(17)15-10-14(20-11(15)2)9-12-6-5-7-13(8-12)18-3/h5-8,14H,4,9-10H2,1-3H3. The summed E-state index contributed by atoms with van der Waals surface area (Å²) in [7, 11) is 1.65. The molecule has 1 aliphatic heterocycles. The topological polar surface area (TPSA) is 44.8 Å². The van der Waals surface area contributed by atoms with E-state index < -0.39 is 0 Å². The van der Waals surface area contributed by atoms with Crippen molar-refractivity contribution in [1.82, 2.24) is 0 Å². The molecular formula is C16H20O4. The molecule has 4 nitrogen and oxygen atoms in total. The molecule has 0 saturated carbocycles. The Morgan fingerprint density at radius 1 is 1.45 bits per heavy atom. The van der Waals surface area contributed by atoms with Crippen molar-refractivity contribution in [2.24, 2.45) is 0 Å². The third kappa shape index (κ3) is 3.32. The van der Waals surface area contributed by atoms with Crippen LogP contribution in [0.3, 0.4) is 0 Å². The van der Waals surface area contributed by atoms with Crippen LogP contribution >= 0.6 is 0 Å². The van der Waals surface area contributed by atoms with Crippen molar-refractivity contribution in [1.29, 1.82) is 0 Å². The summed E-state index contributed by atoms with van der Waals surface area (Å²) in [5.74, 6) is 1.24. The van der Waals surface area contributed by atoms with Gasteiger partial charge in [0.05, 0.1) is 19.3 Å². The van der Waals surface area contributed by atoms with E-state index in [1.807, 2.05) is 31.2 Å². The zero-order valence-electron chi connectivity index (χ0n) is 12.1. The Hall–Kier alpha value is -1.97. The van der Waals surface area contributed by atoms with Gasteiger partial charge < -0.3 is 14.2 Å². The average Bonchev–Trinajstić information content (AvgIpc) is 2.80. The molecule has 0 bridgehead atoms. The van der Waals surface area contributed by atoms with E-state index in [2.05, 4.69) is 0 Å². The molecule has 0 radical (unpaired) electrons. The first-order valence-corrected chi connectivity index (χ1v) is 6.80. The van der Waals surface area contributed by atoms with E-state index in [-0.39, 0.29) is 12.1 Å². The van der Waals surface area contributed by atoms with Gasteiger partial charge in [-0.05, 0) is 31.5 Å². The predicted octanol–water partition coefficient (Wildman–Crippen LogP) is 2.86. The number of allylic oxidation sites excluding steroid dienone is 1. The monoisotopic (exact) mass is 276 g/mol. The van der Waals surface area contributed by atoms with Crippen LogP contribution in [0.2, 0.25) is 0 Å². The third-order valence-electron chi connectivity index (χ3n) is 3.32. The van der Waals surface area contributed by atoms with Crippen molar-refractivity contribution in [2.75, 3.05) is 13.7 Å². The average molecular weight is 276 g/mol. The molecule has 1 aromatic rings. The molecule has 0 amide bonds. The van der Waals surface area contributed by atoms with Crippen LogP contribution in [0.5, 0.6) is 5.75 Å². The van der Waals surface area contributed by atoms with Gasteiger partial charge in [0.1, 0.15) is 17.6 Å². The molecule has 1 unspecified atom stereocenters. The molecule has 108 valence electrons. The van der Waals surface area contributed by atoms with Crippen LogP contribution in [0.4, 0.5) is 0 Å². The van der Waals surface area contributed by atoms with Crippen molar-refractivity contribution >= 4 is 5.97 Å². The number of hydrogen-bond donors (Lipinski definition) is 0. The molecule has 0 aromatic heterocycles. The summed E-state index contributed by atoms with van der Waals surface area (Å²) < 4.78 is 16.0. The van der Waals surface area contributed by atoms with E-state index in [4.69, 9.17) is 14.2 Å². The SMILES string of the molecule is CCOC(=O)C1=C(C)OC(Cc2cccc(OC)c2)C1. The van der Waals surface area contributed by atoms with Crippen molar-refractivity contribution in [3.8, 4) is 5.75 Å². The number of hydrogen-bond acceptors (Lipinski definition) is 4. The molecule has 2 rings (SSSR count). The Balaban J connectivity index is 1.99. The summed E-state index contributed by atoms with van der Waals surface area (Å²) >= 11 is 0. The molecule has 20 heavy (non-hydrogen) atoms. The second-order valence-electron chi connectivity index (χ2n) is 4.75. The van der Waals surface area contributed by atoms with E-state index in [9.17, 15) is 4.79 Å². The summed E-state index contributed by atoms with van der Waals surface area (Å²) in [6.07, 6.45) is 1.33. The number of rotatable bonds is 5. The van der Waals surface area contributed by atoms with E-state index in [0.717, 1.165) is 17.7 Å². The normalized spacial score (nSPS) is 17.9. The molecule has 1 heterocycles. The lowest BCUT2D eigenvalue weighted by Crippen LogP contribution is -2.12. The third-order valence-corrected chi connectivity index (χ3v) is 3.32. The zero-order valence-corrected chi connectivity index (χ0v) is 12.1. The number of carbonyl (C=O) groups excluding carboxylic acids is 1. The van der Waals surface area contributed by atoms with Crippen LogP contribution < -0.4 is 4.74 Å². The molecule has 0 spiro atoms. The van der Waals surface area contributed by atoms with Crippen LogP contribution in [0.1, 0.15) is 25.8 Å². The first kappa shape index (κ1) is 14.4. The van der Waals surface area contributed by atoms with Crippen molar-refractivity contribution in [2.45, 2.75) is 32.8 Å². The van der Waals surface area contributed by atoms with Crippen molar-refractivity contribution < 1.29 is 19.0 Å². The maximum Gasteiger partial charge on any atom is 0.337 e. The number of carbonyl (C=O) groups is 1. The minimum atomic E-state index is -0.266. The summed E-state index contributed by atoms with van der Waals surface area (Å²) in [6.45, 7) is 4.01. The Labute approximate surface area is 119 Å². The minimum Gasteiger partial charge on any atom is -0.497 e. The molecule has 0 N–H and O–H groups in total. The highest BCUT2D eigenvalue weighted by molar-refractivity contribution is 5.89.